The molecule has 0 aliphatic carbocycles. The van der Waals surface area contributed by atoms with Crippen LogP contribution in [-0.4, -0.2) is 44.1 Å². The number of rotatable bonds is 3. The summed E-state index contributed by atoms with van der Waals surface area (Å²) in [5, 5.41) is 8.91. The molecule has 1 heterocycles. The topological polar surface area (TPSA) is 97.7 Å². The fourth-order valence-corrected chi connectivity index (χ4v) is 3.63. The Kier molecular flexibility index (Phi) is 3.90. The average Bonchev–Trinajstić information content (AvgIpc) is 2.20. The third-order valence-electron chi connectivity index (χ3n) is 2.78. The maximum atomic E-state index is 11.3. The first kappa shape index (κ1) is 13.0. The summed E-state index contributed by atoms with van der Waals surface area (Å²) in [5.41, 5.74) is 0. The molecule has 16 heavy (non-hydrogen) atoms. The van der Waals surface area contributed by atoms with E-state index in [2.05, 4.69) is 4.74 Å². The van der Waals surface area contributed by atoms with Crippen LogP contribution in [0, 0.1) is 11.8 Å². The van der Waals surface area contributed by atoms with Crippen molar-refractivity contribution in [1.82, 2.24) is 0 Å². The van der Waals surface area contributed by atoms with Crippen molar-refractivity contribution in [3.05, 3.63) is 0 Å². The molecule has 1 fully saturated rings. The van der Waals surface area contributed by atoms with Crippen LogP contribution in [0.15, 0.2) is 0 Å². The Labute approximate surface area is 93.5 Å². The molecule has 1 aliphatic rings. The zero-order valence-electron chi connectivity index (χ0n) is 8.88. The van der Waals surface area contributed by atoms with Crippen molar-refractivity contribution in [2.45, 2.75) is 12.8 Å². The molecule has 92 valence electrons. The third-order valence-corrected chi connectivity index (χ3v) is 4.50. The van der Waals surface area contributed by atoms with Crippen molar-refractivity contribution < 1.29 is 27.9 Å². The van der Waals surface area contributed by atoms with E-state index < -0.39 is 33.6 Å². The van der Waals surface area contributed by atoms with Gasteiger partial charge in [-0.15, -0.1) is 0 Å². The standard InChI is InChI=1S/C9H14O6S/c1-15-8(10)4-6-2-3-16(13,14)5-7(6)9(11)12/h6-7H,2-5H2,1H3,(H,11,12)/t6-,7+/m0/s1. The second-order valence-corrected chi connectivity index (χ2v) is 6.12. The van der Waals surface area contributed by atoms with Crippen molar-refractivity contribution >= 4 is 21.8 Å². The van der Waals surface area contributed by atoms with Crippen molar-refractivity contribution in [2.24, 2.45) is 11.8 Å². The van der Waals surface area contributed by atoms with Gasteiger partial charge in [0.05, 0.1) is 24.5 Å². The molecule has 1 N–H and O–H groups in total. The summed E-state index contributed by atoms with van der Waals surface area (Å²) in [6.45, 7) is 0. The van der Waals surface area contributed by atoms with Crippen LogP contribution in [0.3, 0.4) is 0 Å². The molecule has 0 amide bonds. The average molecular weight is 250 g/mol. The van der Waals surface area contributed by atoms with Gasteiger partial charge in [0.15, 0.2) is 9.84 Å². The van der Waals surface area contributed by atoms with E-state index in [0.29, 0.717) is 0 Å². The minimum absolute atomic E-state index is 0.0387. The fourth-order valence-electron chi connectivity index (χ4n) is 1.84. The van der Waals surface area contributed by atoms with E-state index in [9.17, 15) is 18.0 Å². The van der Waals surface area contributed by atoms with E-state index in [1.165, 1.54) is 7.11 Å². The summed E-state index contributed by atoms with van der Waals surface area (Å²) in [7, 11) is -2.07. The van der Waals surface area contributed by atoms with Gasteiger partial charge in [-0.25, -0.2) is 8.42 Å². The summed E-state index contributed by atoms with van der Waals surface area (Å²) in [6, 6.07) is 0. The first-order valence-corrected chi connectivity index (χ1v) is 6.68. The van der Waals surface area contributed by atoms with Gasteiger partial charge in [0.25, 0.3) is 0 Å². The Morgan fingerprint density at radius 1 is 1.44 bits per heavy atom. The Morgan fingerprint density at radius 3 is 2.56 bits per heavy atom. The van der Waals surface area contributed by atoms with Crippen LogP contribution in [0.2, 0.25) is 0 Å². The Hall–Kier alpha value is -1.11. The number of aliphatic carboxylic acids is 1. The van der Waals surface area contributed by atoms with E-state index >= 15 is 0 Å². The fraction of sp³-hybridized carbons (Fsp3) is 0.778. The number of carbonyl (C=O) groups is 2. The van der Waals surface area contributed by atoms with Crippen LogP contribution in [-0.2, 0) is 24.2 Å². The van der Waals surface area contributed by atoms with Crippen LogP contribution in [0.4, 0.5) is 0 Å². The van der Waals surface area contributed by atoms with Crippen molar-refractivity contribution in [1.29, 1.82) is 0 Å². The molecule has 0 saturated carbocycles. The SMILES string of the molecule is COC(=O)C[C@@H]1CCS(=O)(=O)C[C@H]1C(=O)O. The lowest BCUT2D eigenvalue weighted by molar-refractivity contribution is -0.146. The van der Waals surface area contributed by atoms with E-state index in [0.717, 1.165) is 0 Å². The number of esters is 1. The predicted molar refractivity (Wildman–Crippen MR) is 54.5 cm³/mol. The highest BCUT2D eigenvalue weighted by Crippen LogP contribution is 2.28. The highest BCUT2D eigenvalue weighted by Gasteiger charge is 2.38. The van der Waals surface area contributed by atoms with Gasteiger partial charge in [-0.1, -0.05) is 0 Å². The molecule has 7 heteroatoms. The van der Waals surface area contributed by atoms with Crippen LogP contribution in [0.25, 0.3) is 0 Å². The monoisotopic (exact) mass is 250 g/mol. The maximum absolute atomic E-state index is 11.3. The smallest absolute Gasteiger partial charge is 0.307 e. The lowest BCUT2D eigenvalue weighted by atomic mass is 9.88. The molecule has 0 aromatic rings. The second kappa shape index (κ2) is 4.82. The van der Waals surface area contributed by atoms with Crippen LogP contribution in [0.1, 0.15) is 12.8 Å². The van der Waals surface area contributed by atoms with Crippen LogP contribution >= 0.6 is 0 Å². The van der Waals surface area contributed by atoms with Gasteiger partial charge in [0.1, 0.15) is 0 Å². The maximum Gasteiger partial charge on any atom is 0.307 e. The van der Waals surface area contributed by atoms with Gasteiger partial charge in [-0.3, -0.25) is 9.59 Å². The summed E-state index contributed by atoms with van der Waals surface area (Å²) in [6.07, 6.45) is 0.164. The molecule has 0 aromatic heterocycles. The number of carboxylic acid groups (broad SMARTS) is 1. The molecule has 0 radical (unpaired) electrons. The molecule has 1 saturated heterocycles. The largest absolute Gasteiger partial charge is 0.481 e. The van der Waals surface area contributed by atoms with Gasteiger partial charge in [-0.05, 0) is 12.3 Å². The minimum atomic E-state index is -3.29. The highest BCUT2D eigenvalue weighted by molar-refractivity contribution is 7.91. The van der Waals surface area contributed by atoms with Gasteiger partial charge in [-0.2, -0.15) is 0 Å². The summed E-state index contributed by atoms with van der Waals surface area (Å²) >= 11 is 0. The number of carbonyl (C=O) groups excluding carboxylic acids is 1. The molecule has 0 unspecified atom stereocenters. The number of ether oxygens (including phenoxy) is 1. The second-order valence-electron chi connectivity index (χ2n) is 3.89. The third kappa shape index (κ3) is 3.19. The Morgan fingerprint density at radius 2 is 2.06 bits per heavy atom. The van der Waals surface area contributed by atoms with Gasteiger partial charge < -0.3 is 9.84 Å². The normalized spacial score (nSPS) is 28.3. The zero-order chi connectivity index (χ0) is 12.3. The zero-order valence-corrected chi connectivity index (χ0v) is 9.70. The quantitative estimate of drug-likeness (QED) is 0.690. The predicted octanol–water partition coefficient (Wildman–Crippen LogP) is -0.315. The molecule has 2 atom stereocenters. The molecule has 0 bridgehead atoms. The van der Waals surface area contributed by atoms with E-state index in [-0.39, 0.29) is 24.3 Å². The van der Waals surface area contributed by atoms with E-state index in [4.69, 9.17) is 5.11 Å². The number of hydrogen-bond acceptors (Lipinski definition) is 5. The Balaban J connectivity index is 2.77. The molecular weight excluding hydrogens is 236 g/mol. The number of hydrogen-bond donors (Lipinski definition) is 1. The highest BCUT2D eigenvalue weighted by atomic mass is 32.2. The number of sulfone groups is 1. The molecule has 0 aromatic carbocycles. The van der Waals surface area contributed by atoms with Gasteiger partial charge in [0, 0.05) is 6.42 Å². The van der Waals surface area contributed by atoms with Crippen LogP contribution in [0.5, 0.6) is 0 Å². The van der Waals surface area contributed by atoms with E-state index in [1.807, 2.05) is 0 Å². The summed E-state index contributed by atoms with van der Waals surface area (Å²) < 4.78 is 27.0. The van der Waals surface area contributed by atoms with Gasteiger partial charge >= 0.3 is 11.9 Å². The molecule has 6 nitrogen and oxygen atoms in total. The first-order valence-electron chi connectivity index (χ1n) is 4.86. The van der Waals surface area contributed by atoms with Crippen molar-refractivity contribution in [2.75, 3.05) is 18.6 Å². The summed E-state index contributed by atoms with van der Waals surface area (Å²) in [4.78, 5) is 22.0. The van der Waals surface area contributed by atoms with Crippen molar-refractivity contribution in [3.8, 4) is 0 Å². The number of carboxylic acids is 1. The number of methoxy groups -OCH3 is 1. The summed E-state index contributed by atoms with van der Waals surface area (Å²) in [5.74, 6) is -3.57. The van der Waals surface area contributed by atoms with Crippen molar-refractivity contribution in [3.63, 3.8) is 0 Å². The first-order chi connectivity index (χ1) is 7.35. The van der Waals surface area contributed by atoms with Crippen LogP contribution < -0.4 is 0 Å². The Bertz CT molecular complexity index is 385. The lowest BCUT2D eigenvalue weighted by Crippen LogP contribution is -2.38. The minimum Gasteiger partial charge on any atom is -0.481 e. The molecule has 0 spiro atoms. The lowest BCUT2D eigenvalue weighted by Gasteiger charge is -2.27. The molecule has 1 rings (SSSR count). The van der Waals surface area contributed by atoms with E-state index in [1.54, 1.807) is 0 Å². The molecule has 1 aliphatic heterocycles. The molecular formula is C9H14O6S. The van der Waals surface area contributed by atoms with Gasteiger partial charge in [0.2, 0.25) is 0 Å².